The molecule has 2 nitrogen and oxygen atoms in total. The van der Waals surface area contributed by atoms with Gasteiger partial charge in [-0.3, -0.25) is 0 Å². The first-order valence-corrected chi connectivity index (χ1v) is 3.55. The van der Waals surface area contributed by atoms with E-state index >= 15 is 0 Å². The second-order valence-electron chi connectivity index (χ2n) is 2.82. The summed E-state index contributed by atoms with van der Waals surface area (Å²) in [6.07, 6.45) is -3.71. The Morgan fingerprint density at radius 2 is 2.09 bits per heavy atom. The molecule has 3 N–H and O–H groups in total. The highest BCUT2D eigenvalue weighted by molar-refractivity contribution is 4.85. The zero-order chi connectivity index (χ0) is 8.48. The summed E-state index contributed by atoms with van der Waals surface area (Å²) in [6, 6.07) is -1.66. The molecule has 0 radical (unpaired) electrons. The van der Waals surface area contributed by atoms with Gasteiger partial charge in [0, 0.05) is 0 Å². The van der Waals surface area contributed by atoms with Crippen LogP contribution in [0.3, 0.4) is 0 Å². The lowest BCUT2D eigenvalue weighted by Gasteiger charge is -2.20. The molecule has 1 aliphatic heterocycles. The maximum atomic E-state index is 11.9. The van der Waals surface area contributed by atoms with Gasteiger partial charge in [-0.15, -0.1) is 0 Å². The summed E-state index contributed by atoms with van der Waals surface area (Å²) in [5.74, 6) is -0.435. The zero-order valence-corrected chi connectivity index (χ0v) is 5.99. The van der Waals surface area contributed by atoms with Gasteiger partial charge in [0.2, 0.25) is 0 Å². The van der Waals surface area contributed by atoms with E-state index in [-0.39, 0.29) is 0 Å². The Morgan fingerprint density at radius 3 is 2.45 bits per heavy atom. The molecule has 1 fully saturated rings. The molecule has 1 saturated heterocycles. The van der Waals surface area contributed by atoms with Crippen LogP contribution in [0.15, 0.2) is 0 Å². The van der Waals surface area contributed by atoms with Gasteiger partial charge in [-0.1, -0.05) is 0 Å². The summed E-state index contributed by atoms with van der Waals surface area (Å²) in [5, 5.41) is 2.85. The Hall–Kier alpha value is -0.290. The van der Waals surface area contributed by atoms with Gasteiger partial charge in [0.05, 0.1) is 0 Å². The number of nitrogens with one attached hydrogen (secondary N) is 1. The van der Waals surface area contributed by atoms with E-state index in [0.717, 1.165) is 0 Å². The number of nitrogens with two attached hydrogens (primary N) is 1. The minimum atomic E-state index is -4.24. The molecule has 0 bridgehead atoms. The van der Waals surface area contributed by atoms with Crippen LogP contribution in [0, 0.1) is 5.92 Å². The molecule has 1 heterocycles. The van der Waals surface area contributed by atoms with Crippen molar-refractivity contribution in [3.05, 3.63) is 0 Å². The number of hydrogen-bond donors (Lipinski definition) is 2. The predicted octanol–water partition coefficient (Wildman–Crippen LogP) is 0.485. The molecule has 0 aromatic carbocycles. The van der Waals surface area contributed by atoms with Gasteiger partial charge in [0.25, 0.3) is 0 Å². The average molecular weight is 168 g/mol. The lowest BCUT2D eigenvalue weighted by Crippen LogP contribution is -2.44. The first-order valence-electron chi connectivity index (χ1n) is 3.55. The van der Waals surface area contributed by atoms with Crippen molar-refractivity contribution in [3.63, 3.8) is 0 Å². The molecule has 0 spiro atoms. The fourth-order valence-corrected chi connectivity index (χ4v) is 1.25. The Kier molecular flexibility index (Phi) is 2.39. The Balaban J connectivity index is 2.46. The van der Waals surface area contributed by atoms with Crippen LogP contribution < -0.4 is 11.1 Å². The van der Waals surface area contributed by atoms with E-state index in [1.165, 1.54) is 0 Å². The molecule has 0 aromatic heterocycles. The Labute approximate surface area is 62.9 Å². The largest absolute Gasteiger partial charge is 0.403 e. The average Bonchev–Trinajstić information content (AvgIpc) is 2.34. The quantitative estimate of drug-likeness (QED) is 0.597. The van der Waals surface area contributed by atoms with Crippen LogP contribution in [0.5, 0.6) is 0 Å². The second kappa shape index (κ2) is 2.98. The highest BCUT2D eigenvalue weighted by Gasteiger charge is 2.42. The summed E-state index contributed by atoms with van der Waals surface area (Å²) >= 11 is 0. The van der Waals surface area contributed by atoms with Crippen molar-refractivity contribution in [1.29, 1.82) is 0 Å². The fourth-order valence-electron chi connectivity index (χ4n) is 1.25. The van der Waals surface area contributed by atoms with Gasteiger partial charge >= 0.3 is 6.18 Å². The van der Waals surface area contributed by atoms with Gasteiger partial charge < -0.3 is 11.1 Å². The van der Waals surface area contributed by atoms with Crippen molar-refractivity contribution in [2.75, 3.05) is 13.1 Å². The highest BCUT2D eigenvalue weighted by atomic mass is 19.4. The van der Waals surface area contributed by atoms with Crippen molar-refractivity contribution in [3.8, 4) is 0 Å². The topological polar surface area (TPSA) is 38.0 Å². The van der Waals surface area contributed by atoms with Crippen LogP contribution >= 0.6 is 0 Å². The van der Waals surface area contributed by atoms with E-state index in [9.17, 15) is 13.2 Å². The van der Waals surface area contributed by atoms with Crippen LogP contribution in [0.1, 0.15) is 6.42 Å². The molecule has 2 unspecified atom stereocenters. The molecule has 66 valence electrons. The molecule has 2 atom stereocenters. The first-order chi connectivity index (χ1) is 5.02. The normalized spacial score (nSPS) is 28.9. The molecule has 1 rings (SSSR count). The van der Waals surface area contributed by atoms with Crippen LogP contribution in [0.25, 0.3) is 0 Å². The maximum Gasteiger partial charge on any atom is 0.403 e. The molecule has 0 aliphatic carbocycles. The summed E-state index contributed by atoms with van der Waals surface area (Å²) in [5.41, 5.74) is 4.99. The SMILES string of the molecule is NC(C1CCNC1)C(F)(F)F. The van der Waals surface area contributed by atoms with Crippen molar-refractivity contribution < 1.29 is 13.2 Å². The third kappa shape index (κ3) is 2.07. The van der Waals surface area contributed by atoms with Gasteiger partial charge in [-0.25, -0.2) is 0 Å². The van der Waals surface area contributed by atoms with Crippen molar-refractivity contribution in [2.45, 2.75) is 18.6 Å². The van der Waals surface area contributed by atoms with Crippen molar-refractivity contribution >= 4 is 0 Å². The van der Waals surface area contributed by atoms with Crippen LogP contribution in [-0.4, -0.2) is 25.3 Å². The minimum Gasteiger partial charge on any atom is -0.320 e. The molecule has 0 amide bonds. The monoisotopic (exact) mass is 168 g/mol. The minimum absolute atomic E-state index is 0.390. The molecular weight excluding hydrogens is 157 g/mol. The lowest BCUT2D eigenvalue weighted by atomic mass is 10.00. The van der Waals surface area contributed by atoms with Gasteiger partial charge in [-0.05, 0) is 25.4 Å². The van der Waals surface area contributed by atoms with Gasteiger partial charge in [0.1, 0.15) is 6.04 Å². The molecule has 11 heavy (non-hydrogen) atoms. The number of hydrogen-bond acceptors (Lipinski definition) is 2. The summed E-state index contributed by atoms with van der Waals surface area (Å²) in [6.45, 7) is 1.04. The fraction of sp³-hybridized carbons (Fsp3) is 1.00. The second-order valence-corrected chi connectivity index (χ2v) is 2.82. The summed E-state index contributed by atoms with van der Waals surface area (Å²) < 4.78 is 35.8. The van der Waals surface area contributed by atoms with E-state index < -0.39 is 18.1 Å². The van der Waals surface area contributed by atoms with Gasteiger partial charge in [0.15, 0.2) is 0 Å². The molecule has 0 aromatic rings. The van der Waals surface area contributed by atoms with Crippen LogP contribution in [0.2, 0.25) is 0 Å². The zero-order valence-electron chi connectivity index (χ0n) is 5.99. The molecular formula is C6H11F3N2. The number of halogens is 3. The van der Waals surface area contributed by atoms with E-state index in [4.69, 9.17) is 5.73 Å². The maximum absolute atomic E-state index is 11.9. The summed E-state index contributed by atoms with van der Waals surface area (Å²) in [7, 11) is 0. The molecule has 5 heteroatoms. The van der Waals surface area contributed by atoms with E-state index in [0.29, 0.717) is 19.5 Å². The van der Waals surface area contributed by atoms with Crippen molar-refractivity contribution in [2.24, 2.45) is 11.7 Å². The number of rotatable bonds is 1. The number of alkyl halides is 3. The first kappa shape index (κ1) is 8.80. The highest BCUT2D eigenvalue weighted by Crippen LogP contribution is 2.26. The molecule has 0 saturated carbocycles. The van der Waals surface area contributed by atoms with E-state index in [1.807, 2.05) is 0 Å². The Bertz CT molecular complexity index is 128. The van der Waals surface area contributed by atoms with E-state index in [2.05, 4.69) is 5.32 Å². The standard InChI is InChI=1S/C6H11F3N2/c7-6(8,9)5(10)4-1-2-11-3-4/h4-5,11H,1-3,10H2. The van der Waals surface area contributed by atoms with Crippen LogP contribution in [0.4, 0.5) is 13.2 Å². The third-order valence-electron chi connectivity index (χ3n) is 1.98. The predicted molar refractivity (Wildman–Crippen MR) is 35.0 cm³/mol. The van der Waals surface area contributed by atoms with Crippen molar-refractivity contribution in [1.82, 2.24) is 5.32 Å². The van der Waals surface area contributed by atoms with E-state index in [1.54, 1.807) is 0 Å². The molecule has 1 aliphatic rings. The third-order valence-corrected chi connectivity index (χ3v) is 1.98. The van der Waals surface area contributed by atoms with Crippen LogP contribution in [-0.2, 0) is 0 Å². The van der Waals surface area contributed by atoms with Gasteiger partial charge in [-0.2, -0.15) is 13.2 Å². The lowest BCUT2D eigenvalue weighted by molar-refractivity contribution is -0.157. The smallest absolute Gasteiger partial charge is 0.320 e. The summed E-state index contributed by atoms with van der Waals surface area (Å²) in [4.78, 5) is 0. The Morgan fingerprint density at radius 1 is 1.45 bits per heavy atom.